The lowest BCUT2D eigenvalue weighted by Gasteiger charge is -2.20. The van der Waals surface area contributed by atoms with Crippen LogP contribution in [0.1, 0.15) is 13.8 Å². The van der Waals surface area contributed by atoms with E-state index in [0.29, 0.717) is 19.8 Å². The molecule has 14 heavy (non-hydrogen) atoms. The number of alkyl halides is 1. The first kappa shape index (κ1) is 13.7. The molecule has 0 rings (SSSR count). The summed E-state index contributed by atoms with van der Waals surface area (Å²) in [6.45, 7) is 4.72. The number of rotatable bonds is 7. The highest BCUT2D eigenvalue weighted by molar-refractivity contribution is 6.19. The molecule has 0 aromatic heterocycles. The van der Waals surface area contributed by atoms with Crippen molar-refractivity contribution in [3.8, 4) is 0 Å². The van der Waals surface area contributed by atoms with Crippen LogP contribution in [0.25, 0.3) is 0 Å². The van der Waals surface area contributed by atoms with Crippen LogP contribution in [0, 0.1) is 5.41 Å². The Morgan fingerprint density at radius 1 is 1.50 bits per heavy atom. The SMILES string of the molecule is CC(C)(CCl)C(=O)NCCOCCO. The topological polar surface area (TPSA) is 58.6 Å². The second-order valence-electron chi connectivity index (χ2n) is 3.61. The Hall–Kier alpha value is -0.320. The average Bonchev–Trinajstić information content (AvgIpc) is 2.17. The number of halogens is 1. The zero-order chi connectivity index (χ0) is 11.0. The van der Waals surface area contributed by atoms with Crippen molar-refractivity contribution in [2.75, 3.05) is 32.2 Å². The lowest BCUT2D eigenvalue weighted by atomic mass is 9.95. The molecule has 0 aliphatic carbocycles. The molecule has 0 aromatic rings. The summed E-state index contributed by atoms with van der Waals surface area (Å²) in [5, 5.41) is 11.1. The molecule has 0 atom stereocenters. The number of hydrogen-bond donors (Lipinski definition) is 2. The van der Waals surface area contributed by atoms with E-state index in [-0.39, 0.29) is 18.4 Å². The summed E-state index contributed by atoms with van der Waals surface area (Å²) in [5.41, 5.74) is -0.543. The maximum atomic E-state index is 11.4. The lowest BCUT2D eigenvalue weighted by molar-refractivity contribution is -0.128. The van der Waals surface area contributed by atoms with Crippen molar-refractivity contribution >= 4 is 17.5 Å². The predicted octanol–water partition coefficient (Wildman–Crippen LogP) is 0.377. The van der Waals surface area contributed by atoms with Crippen LogP contribution < -0.4 is 5.32 Å². The molecule has 0 aromatic carbocycles. The van der Waals surface area contributed by atoms with Crippen LogP contribution in [0.2, 0.25) is 0 Å². The van der Waals surface area contributed by atoms with E-state index in [2.05, 4.69) is 5.32 Å². The van der Waals surface area contributed by atoms with Gasteiger partial charge in [0, 0.05) is 12.4 Å². The second kappa shape index (κ2) is 7.04. The smallest absolute Gasteiger partial charge is 0.226 e. The summed E-state index contributed by atoms with van der Waals surface area (Å²) in [4.78, 5) is 11.4. The van der Waals surface area contributed by atoms with E-state index < -0.39 is 5.41 Å². The Bertz CT molecular complexity index is 173. The number of amides is 1. The van der Waals surface area contributed by atoms with E-state index in [1.807, 2.05) is 0 Å². The van der Waals surface area contributed by atoms with E-state index in [4.69, 9.17) is 21.4 Å². The molecule has 84 valence electrons. The van der Waals surface area contributed by atoms with Crippen molar-refractivity contribution in [1.29, 1.82) is 0 Å². The van der Waals surface area contributed by atoms with Gasteiger partial charge in [0.25, 0.3) is 0 Å². The Balaban J connectivity index is 3.54. The maximum absolute atomic E-state index is 11.4. The number of carbonyl (C=O) groups excluding carboxylic acids is 1. The molecule has 0 saturated carbocycles. The van der Waals surface area contributed by atoms with E-state index >= 15 is 0 Å². The third kappa shape index (κ3) is 5.42. The Morgan fingerprint density at radius 3 is 2.64 bits per heavy atom. The first-order chi connectivity index (χ1) is 6.54. The van der Waals surface area contributed by atoms with Gasteiger partial charge in [-0.1, -0.05) is 0 Å². The lowest BCUT2D eigenvalue weighted by Crippen LogP contribution is -2.39. The summed E-state index contributed by atoms with van der Waals surface area (Å²) in [7, 11) is 0. The van der Waals surface area contributed by atoms with E-state index in [1.165, 1.54) is 0 Å². The molecule has 0 heterocycles. The highest BCUT2D eigenvalue weighted by Gasteiger charge is 2.25. The van der Waals surface area contributed by atoms with Gasteiger partial charge >= 0.3 is 0 Å². The van der Waals surface area contributed by atoms with E-state index in [1.54, 1.807) is 13.8 Å². The molecular formula is C9H18ClNO3. The van der Waals surface area contributed by atoms with Crippen molar-refractivity contribution in [3.05, 3.63) is 0 Å². The summed E-state index contributed by atoms with van der Waals surface area (Å²) in [6, 6.07) is 0. The molecule has 0 aliphatic heterocycles. The number of aliphatic hydroxyl groups is 1. The van der Waals surface area contributed by atoms with Crippen molar-refractivity contribution in [3.63, 3.8) is 0 Å². The molecule has 0 fully saturated rings. The molecule has 0 saturated heterocycles. The number of carbonyl (C=O) groups is 1. The summed E-state index contributed by atoms with van der Waals surface area (Å²) < 4.78 is 4.98. The van der Waals surface area contributed by atoms with Crippen molar-refractivity contribution in [1.82, 2.24) is 5.32 Å². The van der Waals surface area contributed by atoms with Gasteiger partial charge < -0.3 is 15.2 Å². The fourth-order valence-corrected chi connectivity index (χ4v) is 0.825. The summed E-state index contributed by atoms with van der Waals surface area (Å²) in [6.07, 6.45) is 0. The minimum absolute atomic E-state index is 0.00111. The van der Waals surface area contributed by atoms with E-state index in [0.717, 1.165) is 0 Å². The minimum atomic E-state index is -0.543. The monoisotopic (exact) mass is 223 g/mol. The Labute approximate surface area is 89.6 Å². The van der Waals surface area contributed by atoms with Gasteiger partial charge in [-0.05, 0) is 13.8 Å². The van der Waals surface area contributed by atoms with Crippen molar-refractivity contribution in [2.45, 2.75) is 13.8 Å². The third-order valence-electron chi connectivity index (χ3n) is 1.72. The molecule has 5 heteroatoms. The highest BCUT2D eigenvalue weighted by atomic mass is 35.5. The molecule has 1 amide bonds. The number of hydrogen-bond acceptors (Lipinski definition) is 3. The van der Waals surface area contributed by atoms with Crippen LogP contribution >= 0.6 is 11.6 Å². The Morgan fingerprint density at radius 2 is 2.14 bits per heavy atom. The normalized spacial score (nSPS) is 11.4. The highest BCUT2D eigenvalue weighted by Crippen LogP contribution is 2.16. The van der Waals surface area contributed by atoms with Crippen molar-refractivity contribution < 1.29 is 14.6 Å². The zero-order valence-corrected chi connectivity index (χ0v) is 9.43. The van der Waals surface area contributed by atoms with Gasteiger partial charge in [-0.2, -0.15) is 0 Å². The number of aliphatic hydroxyl groups excluding tert-OH is 1. The van der Waals surface area contributed by atoms with Crippen LogP contribution in [-0.2, 0) is 9.53 Å². The predicted molar refractivity (Wildman–Crippen MR) is 55.4 cm³/mol. The van der Waals surface area contributed by atoms with Gasteiger partial charge in [-0.3, -0.25) is 4.79 Å². The van der Waals surface area contributed by atoms with Gasteiger partial charge in [0.15, 0.2) is 0 Å². The second-order valence-corrected chi connectivity index (χ2v) is 3.88. The maximum Gasteiger partial charge on any atom is 0.226 e. The number of ether oxygens (including phenoxy) is 1. The fourth-order valence-electron chi connectivity index (χ4n) is 0.703. The Kier molecular flexibility index (Phi) is 6.87. The molecule has 0 radical (unpaired) electrons. The first-order valence-electron chi connectivity index (χ1n) is 4.57. The van der Waals surface area contributed by atoms with Gasteiger partial charge in [0.05, 0.1) is 25.2 Å². The molecule has 0 aliphatic rings. The molecule has 0 unspecified atom stereocenters. The van der Waals surface area contributed by atoms with Gasteiger partial charge in [0.1, 0.15) is 0 Å². The molecule has 4 nitrogen and oxygen atoms in total. The quantitative estimate of drug-likeness (QED) is 0.485. The molecule has 2 N–H and O–H groups in total. The van der Waals surface area contributed by atoms with Gasteiger partial charge in [-0.15, -0.1) is 11.6 Å². The largest absolute Gasteiger partial charge is 0.394 e. The van der Waals surface area contributed by atoms with Crippen LogP contribution in [0.4, 0.5) is 0 Å². The average molecular weight is 224 g/mol. The summed E-state index contributed by atoms with van der Waals surface area (Å²) >= 11 is 5.63. The van der Waals surface area contributed by atoms with Crippen LogP contribution in [0.15, 0.2) is 0 Å². The van der Waals surface area contributed by atoms with Crippen LogP contribution in [0.3, 0.4) is 0 Å². The van der Waals surface area contributed by atoms with Crippen LogP contribution in [0.5, 0.6) is 0 Å². The summed E-state index contributed by atoms with van der Waals surface area (Å²) in [5.74, 6) is 0.205. The fraction of sp³-hybridized carbons (Fsp3) is 0.889. The van der Waals surface area contributed by atoms with Crippen molar-refractivity contribution in [2.24, 2.45) is 5.41 Å². The van der Waals surface area contributed by atoms with E-state index in [9.17, 15) is 4.79 Å². The minimum Gasteiger partial charge on any atom is -0.394 e. The molecule has 0 bridgehead atoms. The van der Waals surface area contributed by atoms with Gasteiger partial charge in [-0.25, -0.2) is 0 Å². The van der Waals surface area contributed by atoms with Gasteiger partial charge in [0.2, 0.25) is 5.91 Å². The third-order valence-corrected chi connectivity index (χ3v) is 2.38. The molecular weight excluding hydrogens is 206 g/mol. The molecule has 0 spiro atoms. The first-order valence-corrected chi connectivity index (χ1v) is 5.11. The number of nitrogens with one attached hydrogen (secondary N) is 1. The zero-order valence-electron chi connectivity index (χ0n) is 8.68. The standard InChI is InChI=1S/C9H18ClNO3/c1-9(2,7-10)8(13)11-3-5-14-6-4-12/h12H,3-7H2,1-2H3,(H,11,13). The van der Waals surface area contributed by atoms with Crippen LogP contribution in [-0.4, -0.2) is 43.3 Å².